The zero-order chi connectivity index (χ0) is 15.5. The van der Waals surface area contributed by atoms with E-state index in [0.29, 0.717) is 6.42 Å². The van der Waals surface area contributed by atoms with Gasteiger partial charge in [-0.2, -0.15) is 0 Å². The van der Waals surface area contributed by atoms with Gasteiger partial charge in [0.25, 0.3) is 0 Å². The van der Waals surface area contributed by atoms with Gasteiger partial charge in [0.15, 0.2) is 0 Å². The fourth-order valence-electron chi connectivity index (χ4n) is 1.36. The van der Waals surface area contributed by atoms with Gasteiger partial charge in [0.2, 0.25) is 6.29 Å². The summed E-state index contributed by atoms with van der Waals surface area (Å²) in [5.41, 5.74) is 0. The first-order valence-electron chi connectivity index (χ1n) is 6.88. The molecule has 118 valence electrons. The quantitative estimate of drug-likeness (QED) is 0.453. The molecule has 0 rings (SSSR count). The molecular formula is C14H26O6. The molecule has 0 spiro atoms. The summed E-state index contributed by atoms with van der Waals surface area (Å²) >= 11 is 0. The van der Waals surface area contributed by atoms with Crippen LogP contribution >= 0.6 is 0 Å². The molecule has 0 aliphatic heterocycles. The van der Waals surface area contributed by atoms with Gasteiger partial charge in [0.05, 0.1) is 19.3 Å². The average Bonchev–Trinajstić information content (AvgIpc) is 2.34. The number of esters is 2. The van der Waals surface area contributed by atoms with Crippen molar-refractivity contribution in [3.8, 4) is 0 Å². The van der Waals surface area contributed by atoms with E-state index in [4.69, 9.17) is 14.2 Å². The van der Waals surface area contributed by atoms with Gasteiger partial charge in [-0.25, -0.2) is 0 Å². The molecule has 0 aromatic carbocycles. The molecule has 0 heterocycles. The van der Waals surface area contributed by atoms with Crippen molar-refractivity contribution in [3.63, 3.8) is 0 Å². The van der Waals surface area contributed by atoms with Crippen LogP contribution in [-0.2, 0) is 28.5 Å². The summed E-state index contributed by atoms with van der Waals surface area (Å²) < 4.78 is 20.5. The predicted octanol–water partition coefficient (Wildman–Crippen LogP) is 2.05. The van der Waals surface area contributed by atoms with Gasteiger partial charge in [-0.15, -0.1) is 0 Å². The Morgan fingerprint density at radius 2 is 1.55 bits per heavy atom. The van der Waals surface area contributed by atoms with Gasteiger partial charge in [0, 0.05) is 12.8 Å². The van der Waals surface area contributed by atoms with Crippen molar-refractivity contribution in [2.24, 2.45) is 0 Å². The molecule has 0 amide bonds. The van der Waals surface area contributed by atoms with Gasteiger partial charge >= 0.3 is 11.9 Å². The summed E-state index contributed by atoms with van der Waals surface area (Å²) in [6, 6.07) is 0. The topological polar surface area (TPSA) is 71.1 Å². The van der Waals surface area contributed by atoms with Crippen molar-refractivity contribution in [2.75, 3.05) is 13.7 Å². The van der Waals surface area contributed by atoms with Crippen molar-refractivity contribution in [2.45, 2.75) is 65.5 Å². The lowest BCUT2D eigenvalue weighted by atomic mass is 10.2. The van der Waals surface area contributed by atoms with Gasteiger partial charge in [-0.1, -0.05) is 0 Å². The summed E-state index contributed by atoms with van der Waals surface area (Å²) in [7, 11) is 1.32. The van der Waals surface area contributed by atoms with Crippen LogP contribution in [0.1, 0.15) is 47.0 Å². The molecule has 0 aliphatic rings. The highest BCUT2D eigenvalue weighted by atomic mass is 16.7. The predicted molar refractivity (Wildman–Crippen MR) is 73.1 cm³/mol. The Morgan fingerprint density at radius 3 is 2.05 bits per heavy atom. The van der Waals surface area contributed by atoms with Crippen LogP contribution < -0.4 is 0 Å². The molecule has 0 fully saturated rings. The van der Waals surface area contributed by atoms with Crippen molar-refractivity contribution in [3.05, 3.63) is 0 Å². The van der Waals surface area contributed by atoms with E-state index in [1.165, 1.54) is 7.11 Å². The Bertz CT molecular complexity index is 287. The van der Waals surface area contributed by atoms with E-state index in [0.717, 1.165) is 0 Å². The number of methoxy groups -OCH3 is 1. The molecule has 6 heteroatoms. The highest BCUT2D eigenvalue weighted by Gasteiger charge is 2.17. The van der Waals surface area contributed by atoms with Gasteiger partial charge in [0.1, 0.15) is 6.61 Å². The Morgan fingerprint density at radius 1 is 0.950 bits per heavy atom. The number of carbonyl (C=O) groups excluding carboxylic acids is 2. The van der Waals surface area contributed by atoms with Crippen LogP contribution in [0, 0.1) is 0 Å². The summed E-state index contributed by atoms with van der Waals surface area (Å²) in [5.74, 6) is -0.747. The van der Waals surface area contributed by atoms with Gasteiger partial charge < -0.3 is 18.9 Å². The molecule has 6 nitrogen and oxygen atoms in total. The average molecular weight is 290 g/mol. The largest absolute Gasteiger partial charge is 0.469 e. The normalized spacial score (nSPS) is 12.6. The van der Waals surface area contributed by atoms with Gasteiger partial charge in [-0.05, 0) is 34.1 Å². The van der Waals surface area contributed by atoms with Crippen molar-refractivity contribution in [1.82, 2.24) is 0 Å². The molecule has 0 radical (unpaired) electrons. The molecule has 1 atom stereocenters. The lowest BCUT2D eigenvalue weighted by molar-refractivity contribution is -0.203. The minimum absolute atomic E-state index is 0.0336. The van der Waals surface area contributed by atoms with Crippen LogP contribution in [-0.4, -0.2) is 44.2 Å². The van der Waals surface area contributed by atoms with E-state index in [1.807, 2.05) is 27.7 Å². The zero-order valence-electron chi connectivity index (χ0n) is 13.0. The second-order valence-corrected chi connectivity index (χ2v) is 4.92. The molecule has 1 unspecified atom stereocenters. The molecule has 0 N–H and O–H groups in total. The van der Waals surface area contributed by atoms with Crippen molar-refractivity contribution < 1.29 is 28.5 Å². The van der Waals surface area contributed by atoms with Crippen LogP contribution in [0.2, 0.25) is 0 Å². The number of carbonyl (C=O) groups is 2. The second kappa shape index (κ2) is 10.6. The molecule has 0 saturated heterocycles. The monoisotopic (exact) mass is 290 g/mol. The molecule has 20 heavy (non-hydrogen) atoms. The van der Waals surface area contributed by atoms with E-state index in [1.54, 1.807) is 0 Å². The maximum atomic E-state index is 11.6. The number of rotatable bonds is 10. The zero-order valence-corrected chi connectivity index (χ0v) is 13.0. The maximum absolute atomic E-state index is 11.6. The summed E-state index contributed by atoms with van der Waals surface area (Å²) in [4.78, 5) is 22.6. The fourth-order valence-corrected chi connectivity index (χ4v) is 1.36. The molecule has 0 saturated carbocycles. The first-order chi connectivity index (χ1) is 9.35. The number of ether oxygens (including phenoxy) is 4. The third kappa shape index (κ3) is 10.8. The molecule has 0 aromatic heterocycles. The van der Waals surface area contributed by atoms with Crippen molar-refractivity contribution in [1.29, 1.82) is 0 Å². The standard InChI is InChI=1S/C14H26O6/c1-10(2)18-9-14(19-11(3)4)20-13(16)8-6-7-12(15)17-5/h10-11,14H,6-9H2,1-5H3. The third-order valence-electron chi connectivity index (χ3n) is 2.24. The number of hydrogen-bond donors (Lipinski definition) is 0. The Hall–Kier alpha value is -1.14. The van der Waals surface area contributed by atoms with E-state index in [-0.39, 0.29) is 37.6 Å². The van der Waals surface area contributed by atoms with Crippen LogP contribution in [0.3, 0.4) is 0 Å². The van der Waals surface area contributed by atoms with E-state index in [2.05, 4.69) is 4.74 Å². The summed E-state index contributed by atoms with van der Waals surface area (Å²) in [5, 5.41) is 0. The first kappa shape index (κ1) is 18.9. The lowest BCUT2D eigenvalue weighted by Crippen LogP contribution is -2.30. The maximum Gasteiger partial charge on any atom is 0.308 e. The smallest absolute Gasteiger partial charge is 0.308 e. The van der Waals surface area contributed by atoms with E-state index >= 15 is 0 Å². The fraction of sp³-hybridized carbons (Fsp3) is 0.857. The Labute approximate surface area is 120 Å². The lowest BCUT2D eigenvalue weighted by Gasteiger charge is -2.21. The van der Waals surface area contributed by atoms with Crippen LogP contribution in [0.15, 0.2) is 0 Å². The Kier molecular flexibility index (Phi) is 10.0. The van der Waals surface area contributed by atoms with Crippen LogP contribution in [0.4, 0.5) is 0 Å². The second-order valence-electron chi connectivity index (χ2n) is 4.92. The minimum atomic E-state index is -0.719. The van der Waals surface area contributed by atoms with Crippen LogP contribution in [0.5, 0.6) is 0 Å². The van der Waals surface area contributed by atoms with E-state index in [9.17, 15) is 9.59 Å². The third-order valence-corrected chi connectivity index (χ3v) is 2.24. The molecule has 0 aliphatic carbocycles. The molecular weight excluding hydrogens is 264 g/mol. The number of hydrogen-bond acceptors (Lipinski definition) is 6. The molecule has 0 aromatic rings. The minimum Gasteiger partial charge on any atom is -0.469 e. The molecule has 0 bridgehead atoms. The SMILES string of the molecule is COC(=O)CCCC(=O)OC(COC(C)C)OC(C)C. The van der Waals surface area contributed by atoms with E-state index < -0.39 is 12.3 Å². The summed E-state index contributed by atoms with van der Waals surface area (Å²) in [6.45, 7) is 7.69. The first-order valence-corrected chi connectivity index (χ1v) is 6.88. The Balaban J connectivity index is 4.07. The highest BCUT2D eigenvalue weighted by Crippen LogP contribution is 2.07. The van der Waals surface area contributed by atoms with Crippen molar-refractivity contribution >= 4 is 11.9 Å². The van der Waals surface area contributed by atoms with Gasteiger partial charge in [-0.3, -0.25) is 9.59 Å². The van der Waals surface area contributed by atoms with Crippen LogP contribution in [0.25, 0.3) is 0 Å². The highest BCUT2D eigenvalue weighted by molar-refractivity contribution is 5.72. The summed E-state index contributed by atoms with van der Waals surface area (Å²) in [6.07, 6.45) is -0.0170.